The maximum absolute atomic E-state index is 12.9. The summed E-state index contributed by atoms with van der Waals surface area (Å²) in [6, 6.07) is 0.0155. The number of hydrogen-bond donors (Lipinski definition) is 0. The zero-order valence-electron chi connectivity index (χ0n) is 13.2. The van der Waals surface area contributed by atoms with Crippen LogP contribution in [-0.4, -0.2) is 59.1 Å². The lowest BCUT2D eigenvalue weighted by Gasteiger charge is -2.43. The van der Waals surface area contributed by atoms with E-state index in [0.29, 0.717) is 17.3 Å². The van der Waals surface area contributed by atoms with E-state index in [9.17, 15) is 4.79 Å². The number of rotatable bonds is 3. The molecule has 3 rings (SSSR count). The van der Waals surface area contributed by atoms with Gasteiger partial charge in [-0.2, -0.15) is 5.10 Å². The van der Waals surface area contributed by atoms with Crippen molar-refractivity contribution in [3.05, 3.63) is 16.9 Å². The lowest BCUT2D eigenvalue weighted by molar-refractivity contribution is -0.0894. The van der Waals surface area contributed by atoms with Crippen LogP contribution >= 0.6 is 11.6 Å². The van der Waals surface area contributed by atoms with Gasteiger partial charge in [-0.25, -0.2) is 0 Å². The second kappa shape index (κ2) is 5.83. The minimum atomic E-state index is -0.258. The van der Waals surface area contributed by atoms with Gasteiger partial charge in [-0.3, -0.25) is 9.48 Å². The molecule has 1 aliphatic carbocycles. The van der Waals surface area contributed by atoms with Crippen molar-refractivity contribution in [2.75, 3.05) is 20.8 Å². The number of halogens is 1. The van der Waals surface area contributed by atoms with Crippen LogP contribution < -0.4 is 0 Å². The Morgan fingerprint density at radius 3 is 2.82 bits per heavy atom. The van der Waals surface area contributed by atoms with Gasteiger partial charge in [0.1, 0.15) is 0 Å². The van der Waals surface area contributed by atoms with E-state index in [1.165, 1.54) is 0 Å². The lowest BCUT2D eigenvalue weighted by atomic mass is 9.79. The zero-order valence-corrected chi connectivity index (χ0v) is 14.0. The lowest BCUT2D eigenvalue weighted by Crippen LogP contribution is -2.53. The van der Waals surface area contributed by atoms with Crippen LogP contribution in [0.15, 0.2) is 6.20 Å². The summed E-state index contributed by atoms with van der Waals surface area (Å²) >= 11 is 6.13. The highest BCUT2D eigenvalue weighted by molar-refractivity contribution is 6.33. The molecule has 0 radical (unpaired) electrons. The molecule has 1 aromatic heterocycles. The highest BCUT2D eigenvalue weighted by Crippen LogP contribution is 2.43. The van der Waals surface area contributed by atoms with Gasteiger partial charge in [-0.15, -0.1) is 0 Å². The van der Waals surface area contributed by atoms with Crippen molar-refractivity contribution in [3.63, 3.8) is 0 Å². The topological polar surface area (TPSA) is 56.6 Å². The minimum absolute atomic E-state index is 0.0155. The number of likely N-dealkylation sites (tertiary alicyclic amines) is 1. The number of hydrogen-bond acceptors (Lipinski definition) is 4. The highest BCUT2D eigenvalue weighted by Gasteiger charge is 2.53. The van der Waals surface area contributed by atoms with Crippen LogP contribution in [0.25, 0.3) is 0 Å². The van der Waals surface area contributed by atoms with Crippen LogP contribution in [0.5, 0.6) is 0 Å². The van der Waals surface area contributed by atoms with E-state index in [4.69, 9.17) is 21.1 Å². The fourth-order valence-electron chi connectivity index (χ4n) is 3.86. The van der Waals surface area contributed by atoms with E-state index < -0.39 is 0 Å². The summed E-state index contributed by atoms with van der Waals surface area (Å²) in [4.78, 5) is 14.7. The number of carbonyl (C=O) groups is 1. The molecule has 22 heavy (non-hydrogen) atoms. The Bertz CT molecular complexity index is 576. The summed E-state index contributed by atoms with van der Waals surface area (Å²) in [5.41, 5.74) is 0.0574. The molecular weight excluding hydrogens is 306 g/mol. The minimum Gasteiger partial charge on any atom is -0.381 e. The zero-order chi connectivity index (χ0) is 15.9. The molecule has 0 N–H and O–H groups in total. The number of aromatic nitrogens is 2. The fraction of sp³-hybridized carbons (Fsp3) is 0.733. The van der Waals surface area contributed by atoms with Gasteiger partial charge in [0, 0.05) is 34.0 Å². The van der Waals surface area contributed by atoms with Gasteiger partial charge in [-0.05, 0) is 25.7 Å². The molecule has 1 amide bonds. The van der Waals surface area contributed by atoms with Crippen LogP contribution in [0.2, 0.25) is 5.02 Å². The fourth-order valence-corrected chi connectivity index (χ4v) is 4.12. The second-order valence-electron chi connectivity index (χ2n) is 6.16. The first kappa shape index (κ1) is 15.8. The van der Waals surface area contributed by atoms with E-state index in [2.05, 4.69) is 5.10 Å². The molecule has 6 nitrogen and oxygen atoms in total. The van der Waals surface area contributed by atoms with Crippen molar-refractivity contribution in [2.24, 2.45) is 7.05 Å². The Labute approximate surface area is 135 Å². The first-order valence-electron chi connectivity index (χ1n) is 7.59. The molecule has 2 heterocycles. The van der Waals surface area contributed by atoms with E-state index >= 15 is 0 Å². The van der Waals surface area contributed by atoms with Crippen molar-refractivity contribution in [3.8, 4) is 0 Å². The van der Waals surface area contributed by atoms with Crippen LogP contribution in [0.1, 0.15) is 36.2 Å². The van der Waals surface area contributed by atoms with E-state index in [0.717, 1.165) is 25.7 Å². The Kier molecular flexibility index (Phi) is 4.18. The van der Waals surface area contributed by atoms with Gasteiger partial charge in [0.05, 0.1) is 22.8 Å². The van der Waals surface area contributed by atoms with E-state index in [1.54, 1.807) is 32.1 Å². The Morgan fingerprint density at radius 1 is 1.45 bits per heavy atom. The quantitative estimate of drug-likeness (QED) is 0.850. The molecule has 0 unspecified atom stereocenters. The Morgan fingerprint density at radius 2 is 2.23 bits per heavy atom. The number of fused-ring (bicyclic) bond motifs is 1. The largest absolute Gasteiger partial charge is 0.381 e. The van der Waals surface area contributed by atoms with Crippen molar-refractivity contribution >= 4 is 17.5 Å². The summed E-state index contributed by atoms with van der Waals surface area (Å²) in [6.07, 6.45) is 5.33. The normalized spacial score (nSPS) is 31.4. The smallest absolute Gasteiger partial charge is 0.276 e. The number of methoxy groups -OCH3 is 2. The molecule has 2 aliphatic rings. The van der Waals surface area contributed by atoms with Crippen molar-refractivity contribution in [2.45, 2.75) is 43.4 Å². The summed E-state index contributed by atoms with van der Waals surface area (Å²) in [5, 5.41) is 4.59. The molecule has 1 saturated heterocycles. The number of ether oxygens (including phenoxy) is 2. The number of aryl methyl sites for hydroxylation is 1. The van der Waals surface area contributed by atoms with Gasteiger partial charge in [-0.1, -0.05) is 11.6 Å². The summed E-state index contributed by atoms with van der Waals surface area (Å²) < 4.78 is 12.9. The van der Waals surface area contributed by atoms with Crippen molar-refractivity contribution in [1.82, 2.24) is 14.7 Å². The molecule has 0 spiro atoms. The van der Waals surface area contributed by atoms with E-state index in [-0.39, 0.29) is 23.7 Å². The maximum Gasteiger partial charge on any atom is 0.276 e. The predicted molar refractivity (Wildman–Crippen MR) is 82.0 cm³/mol. The van der Waals surface area contributed by atoms with Crippen LogP contribution in [0.3, 0.4) is 0 Å². The molecule has 3 atom stereocenters. The van der Waals surface area contributed by atoms with Crippen molar-refractivity contribution in [1.29, 1.82) is 0 Å². The first-order valence-corrected chi connectivity index (χ1v) is 7.96. The van der Waals surface area contributed by atoms with E-state index in [1.807, 2.05) is 4.90 Å². The SMILES string of the molecule is CO[C@@H]1CC[C@@]2(OC)CCN(C(=O)c3nn(C)cc3Cl)[C@H]2C1. The molecule has 1 saturated carbocycles. The molecule has 122 valence electrons. The van der Waals surface area contributed by atoms with Gasteiger partial charge in [0.25, 0.3) is 5.91 Å². The standard InChI is InChI=1S/C15H22ClN3O3/c1-18-9-11(16)13(17-18)14(20)19-7-6-15(22-3)5-4-10(21-2)8-12(15)19/h9-10,12H,4-8H2,1-3H3/t10-,12+,15-/m1/s1. The van der Waals surface area contributed by atoms with Gasteiger partial charge < -0.3 is 14.4 Å². The third-order valence-corrected chi connectivity index (χ3v) is 5.40. The molecule has 2 fully saturated rings. The van der Waals surface area contributed by atoms with Crippen LogP contribution in [-0.2, 0) is 16.5 Å². The van der Waals surface area contributed by atoms with Gasteiger partial charge >= 0.3 is 0 Å². The average Bonchev–Trinajstić information content (AvgIpc) is 3.06. The third kappa shape index (κ3) is 2.43. The highest BCUT2D eigenvalue weighted by atomic mass is 35.5. The summed E-state index contributed by atoms with van der Waals surface area (Å²) in [5.74, 6) is -0.119. The Hall–Kier alpha value is -1.11. The number of amides is 1. The first-order chi connectivity index (χ1) is 10.5. The number of nitrogens with zero attached hydrogens (tertiary/aromatic N) is 3. The Balaban J connectivity index is 1.87. The third-order valence-electron chi connectivity index (χ3n) is 5.12. The van der Waals surface area contributed by atoms with Crippen LogP contribution in [0, 0.1) is 0 Å². The predicted octanol–water partition coefficient (Wildman–Crippen LogP) is 1.87. The average molecular weight is 328 g/mol. The summed E-state index contributed by atoms with van der Waals surface area (Å²) in [6.45, 7) is 0.667. The molecule has 1 aliphatic heterocycles. The molecule has 0 bridgehead atoms. The van der Waals surface area contributed by atoms with Crippen LogP contribution in [0.4, 0.5) is 0 Å². The second-order valence-corrected chi connectivity index (χ2v) is 6.57. The van der Waals surface area contributed by atoms with Crippen molar-refractivity contribution < 1.29 is 14.3 Å². The van der Waals surface area contributed by atoms with Gasteiger partial charge in [0.2, 0.25) is 0 Å². The molecular formula is C15H22ClN3O3. The number of carbonyl (C=O) groups excluding carboxylic acids is 1. The maximum atomic E-state index is 12.9. The molecule has 1 aromatic rings. The molecule has 0 aromatic carbocycles. The monoisotopic (exact) mass is 327 g/mol. The molecule has 7 heteroatoms. The van der Waals surface area contributed by atoms with Gasteiger partial charge in [0.15, 0.2) is 5.69 Å². The summed E-state index contributed by atoms with van der Waals surface area (Å²) in [7, 11) is 5.22.